The highest BCUT2D eigenvalue weighted by Crippen LogP contribution is 2.25. The second kappa shape index (κ2) is 4.06. The van der Waals surface area contributed by atoms with Gasteiger partial charge in [-0.15, -0.1) is 0 Å². The van der Waals surface area contributed by atoms with Gasteiger partial charge in [-0.25, -0.2) is 0 Å². The summed E-state index contributed by atoms with van der Waals surface area (Å²) in [5.41, 5.74) is 7.57. The quantitative estimate of drug-likeness (QED) is 0.788. The van der Waals surface area contributed by atoms with Gasteiger partial charge in [0.25, 0.3) is 5.91 Å². The third-order valence-corrected chi connectivity index (χ3v) is 2.49. The number of carbonyl (C=O) groups is 1. The summed E-state index contributed by atoms with van der Waals surface area (Å²) in [4.78, 5) is 11.2. The van der Waals surface area contributed by atoms with Gasteiger partial charge >= 0.3 is 0 Å². The molecule has 1 amide bonds. The summed E-state index contributed by atoms with van der Waals surface area (Å²) >= 11 is 0. The number of amides is 1. The molecule has 0 atom stereocenters. The number of nitriles is 1. The fourth-order valence-electron chi connectivity index (χ4n) is 1.60. The van der Waals surface area contributed by atoms with Gasteiger partial charge in [0, 0.05) is 5.56 Å². The van der Waals surface area contributed by atoms with Crippen molar-refractivity contribution in [3.63, 3.8) is 0 Å². The average molecular weight is 227 g/mol. The van der Waals surface area contributed by atoms with E-state index in [1.54, 1.807) is 25.1 Å². The number of H-pyrrole nitrogens is 1. The highest BCUT2D eigenvalue weighted by molar-refractivity contribution is 5.97. The lowest BCUT2D eigenvalue weighted by Gasteiger charge is -2.04. The van der Waals surface area contributed by atoms with E-state index in [-0.39, 0.29) is 5.69 Å². The molecular formula is C11H9N5O. The predicted octanol–water partition coefficient (Wildman–Crippen LogP) is 0.751. The maximum Gasteiger partial charge on any atom is 0.271 e. The fraction of sp³-hybridized carbons (Fsp3) is 0.0909. The van der Waals surface area contributed by atoms with Crippen molar-refractivity contribution in [2.45, 2.75) is 6.92 Å². The Morgan fingerprint density at radius 3 is 2.88 bits per heavy atom. The zero-order chi connectivity index (χ0) is 12.4. The summed E-state index contributed by atoms with van der Waals surface area (Å²) in [7, 11) is 0. The minimum absolute atomic E-state index is 0.0724. The van der Waals surface area contributed by atoms with Gasteiger partial charge in [-0.2, -0.15) is 20.7 Å². The van der Waals surface area contributed by atoms with Gasteiger partial charge < -0.3 is 5.73 Å². The Labute approximate surface area is 97.1 Å². The number of nitrogens with one attached hydrogen (secondary N) is 1. The first kappa shape index (κ1) is 10.8. The fourth-order valence-corrected chi connectivity index (χ4v) is 1.60. The van der Waals surface area contributed by atoms with E-state index in [4.69, 9.17) is 11.0 Å². The summed E-state index contributed by atoms with van der Waals surface area (Å²) in [6, 6.07) is 7.26. The van der Waals surface area contributed by atoms with Crippen LogP contribution in [-0.4, -0.2) is 21.3 Å². The van der Waals surface area contributed by atoms with E-state index in [0.717, 1.165) is 5.56 Å². The summed E-state index contributed by atoms with van der Waals surface area (Å²) in [6.07, 6.45) is 0. The average Bonchev–Trinajstić information content (AvgIpc) is 2.78. The molecule has 17 heavy (non-hydrogen) atoms. The second-order valence-corrected chi connectivity index (χ2v) is 3.48. The van der Waals surface area contributed by atoms with Crippen LogP contribution in [-0.2, 0) is 0 Å². The molecule has 6 heteroatoms. The number of hydrogen-bond acceptors (Lipinski definition) is 4. The zero-order valence-electron chi connectivity index (χ0n) is 9.06. The molecule has 0 bridgehead atoms. The molecule has 6 nitrogen and oxygen atoms in total. The van der Waals surface area contributed by atoms with E-state index < -0.39 is 5.91 Å². The van der Waals surface area contributed by atoms with Gasteiger partial charge in [-0.3, -0.25) is 4.79 Å². The molecule has 1 aromatic heterocycles. The molecule has 0 spiro atoms. The molecule has 0 fully saturated rings. The summed E-state index contributed by atoms with van der Waals surface area (Å²) in [6.45, 7) is 1.79. The van der Waals surface area contributed by atoms with Gasteiger partial charge in [0.1, 0.15) is 5.69 Å². The number of aromatic amines is 1. The lowest BCUT2D eigenvalue weighted by atomic mass is 9.99. The van der Waals surface area contributed by atoms with Crippen LogP contribution >= 0.6 is 0 Å². The number of aromatic nitrogens is 3. The molecule has 0 aliphatic rings. The van der Waals surface area contributed by atoms with E-state index in [9.17, 15) is 4.79 Å². The molecule has 84 valence electrons. The minimum Gasteiger partial charge on any atom is -0.364 e. The zero-order valence-corrected chi connectivity index (χ0v) is 9.06. The summed E-state index contributed by atoms with van der Waals surface area (Å²) in [5.74, 6) is -0.657. The van der Waals surface area contributed by atoms with Crippen LogP contribution in [0, 0.1) is 18.3 Å². The topological polar surface area (TPSA) is 108 Å². The van der Waals surface area contributed by atoms with E-state index in [1.807, 2.05) is 0 Å². The molecule has 0 saturated carbocycles. The van der Waals surface area contributed by atoms with Gasteiger partial charge in [-0.05, 0) is 18.6 Å². The van der Waals surface area contributed by atoms with Gasteiger partial charge in [0.2, 0.25) is 0 Å². The normalized spacial score (nSPS) is 9.88. The standard InChI is InChI=1S/C11H9N5O/c1-6-7(5-12)3-2-4-8(6)9-10(11(13)17)15-16-14-9/h2-4H,1H3,(H2,13,17)(H,14,15,16). The Kier molecular flexibility index (Phi) is 2.58. The lowest BCUT2D eigenvalue weighted by molar-refractivity contribution is 0.0996. The predicted molar refractivity (Wildman–Crippen MR) is 59.8 cm³/mol. The molecule has 0 aliphatic carbocycles. The van der Waals surface area contributed by atoms with Crippen molar-refractivity contribution in [2.24, 2.45) is 5.73 Å². The first-order valence-corrected chi connectivity index (χ1v) is 4.85. The van der Waals surface area contributed by atoms with Crippen molar-refractivity contribution in [3.05, 3.63) is 35.0 Å². The molecule has 1 aromatic carbocycles. The maximum atomic E-state index is 11.2. The number of benzene rings is 1. The number of nitrogens with zero attached hydrogens (tertiary/aromatic N) is 3. The first-order valence-electron chi connectivity index (χ1n) is 4.85. The van der Waals surface area contributed by atoms with E-state index in [0.29, 0.717) is 16.8 Å². The Hall–Kier alpha value is -2.68. The summed E-state index contributed by atoms with van der Waals surface area (Å²) < 4.78 is 0. The van der Waals surface area contributed by atoms with Crippen molar-refractivity contribution in [1.29, 1.82) is 5.26 Å². The van der Waals surface area contributed by atoms with E-state index >= 15 is 0 Å². The van der Waals surface area contributed by atoms with Gasteiger partial charge in [0.05, 0.1) is 11.6 Å². The van der Waals surface area contributed by atoms with E-state index in [1.165, 1.54) is 0 Å². The van der Waals surface area contributed by atoms with Gasteiger partial charge in [-0.1, -0.05) is 12.1 Å². The number of primary amides is 1. The highest BCUT2D eigenvalue weighted by Gasteiger charge is 2.17. The monoisotopic (exact) mass is 227 g/mol. The van der Waals surface area contributed by atoms with E-state index in [2.05, 4.69) is 21.5 Å². The molecule has 0 saturated heterocycles. The number of hydrogen-bond donors (Lipinski definition) is 2. The number of rotatable bonds is 2. The van der Waals surface area contributed by atoms with Crippen LogP contribution in [0.1, 0.15) is 21.6 Å². The van der Waals surface area contributed by atoms with Gasteiger partial charge in [0.15, 0.2) is 5.69 Å². The molecule has 3 N–H and O–H groups in total. The number of nitrogens with two attached hydrogens (primary N) is 1. The minimum atomic E-state index is -0.657. The Morgan fingerprint density at radius 1 is 1.47 bits per heavy atom. The highest BCUT2D eigenvalue weighted by atomic mass is 16.1. The lowest BCUT2D eigenvalue weighted by Crippen LogP contribution is -2.13. The van der Waals surface area contributed by atoms with Crippen LogP contribution in [0.4, 0.5) is 0 Å². The van der Waals surface area contributed by atoms with Crippen LogP contribution in [0.5, 0.6) is 0 Å². The van der Waals surface area contributed by atoms with Crippen LogP contribution in [0.2, 0.25) is 0 Å². The Morgan fingerprint density at radius 2 is 2.24 bits per heavy atom. The molecular weight excluding hydrogens is 218 g/mol. The van der Waals surface area contributed by atoms with Crippen molar-refractivity contribution < 1.29 is 4.79 Å². The summed E-state index contributed by atoms with van der Waals surface area (Å²) in [5, 5.41) is 18.9. The molecule has 2 aromatic rings. The third-order valence-electron chi connectivity index (χ3n) is 2.49. The van der Waals surface area contributed by atoms with Crippen molar-refractivity contribution in [2.75, 3.05) is 0 Å². The van der Waals surface area contributed by atoms with Crippen LogP contribution in [0.15, 0.2) is 18.2 Å². The molecule has 0 unspecified atom stereocenters. The molecule has 0 radical (unpaired) electrons. The Bertz CT molecular complexity index is 623. The van der Waals surface area contributed by atoms with Crippen molar-refractivity contribution in [3.8, 4) is 17.3 Å². The smallest absolute Gasteiger partial charge is 0.271 e. The van der Waals surface area contributed by atoms with Crippen LogP contribution in [0.3, 0.4) is 0 Å². The molecule has 1 heterocycles. The van der Waals surface area contributed by atoms with Crippen LogP contribution < -0.4 is 5.73 Å². The third kappa shape index (κ3) is 1.74. The maximum absolute atomic E-state index is 11.2. The first-order chi connectivity index (χ1) is 8.15. The molecule has 0 aliphatic heterocycles. The Balaban J connectivity index is 2.66. The second-order valence-electron chi connectivity index (χ2n) is 3.48. The SMILES string of the molecule is Cc1c(C#N)cccc1-c1n[nH]nc1C(N)=O. The van der Waals surface area contributed by atoms with Crippen molar-refractivity contribution >= 4 is 5.91 Å². The number of carbonyl (C=O) groups excluding carboxylic acids is 1. The molecule has 2 rings (SSSR count). The van der Waals surface area contributed by atoms with Crippen LogP contribution in [0.25, 0.3) is 11.3 Å². The largest absolute Gasteiger partial charge is 0.364 e. The van der Waals surface area contributed by atoms with Crippen molar-refractivity contribution in [1.82, 2.24) is 15.4 Å².